The summed E-state index contributed by atoms with van der Waals surface area (Å²) >= 11 is 0. The second kappa shape index (κ2) is 8.73. The Morgan fingerprint density at radius 3 is 2.81 bits per heavy atom. The Morgan fingerprint density at radius 1 is 1.30 bits per heavy atom. The van der Waals surface area contributed by atoms with Gasteiger partial charge in [-0.05, 0) is 24.6 Å². The van der Waals surface area contributed by atoms with Crippen molar-refractivity contribution in [3.63, 3.8) is 0 Å². The van der Waals surface area contributed by atoms with E-state index < -0.39 is 0 Å². The summed E-state index contributed by atoms with van der Waals surface area (Å²) < 4.78 is 3.82. The monoisotopic (exact) mass is 410 g/mol. The average molecular weight is 411 g/mol. The van der Waals surface area contributed by atoms with Crippen LogP contribution >= 0.6 is 24.8 Å². The third-order valence-corrected chi connectivity index (χ3v) is 4.89. The van der Waals surface area contributed by atoms with Crippen LogP contribution < -0.4 is 10.6 Å². The Morgan fingerprint density at radius 2 is 2.11 bits per heavy atom. The SMILES string of the molecule is Cc1cccc2nc(CNC(=O)[C@H]3CNC[C@@H]3c3cnn(C)c3)cn12.Cl.Cl. The highest BCUT2D eigenvalue weighted by Crippen LogP contribution is 2.27. The van der Waals surface area contributed by atoms with Crippen LogP contribution in [-0.4, -0.2) is 38.2 Å². The first kappa shape index (κ1) is 21.2. The highest BCUT2D eigenvalue weighted by Gasteiger charge is 2.34. The van der Waals surface area contributed by atoms with Crippen molar-refractivity contribution in [2.75, 3.05) is 13.1 Å². The second-order valence-corrected chi connectivity index (χ2v) is 6.66. The predicted molar refractivity (Wildman–Crippen MR) is 109 cm³/mol. The molecule has 2 N–H and O–H groups in total. The molecule has 0 spiro atoms. The van der Waals surface area contributed by atoms with Crippen LogP contribution in [0.25, 0.3) is 5.65 Å². The summed E-state index contributed by atoms with van der Waals surface area (Å²) in [6, 6.07) is 6.00. The minimum Gasteiger partial charge on any atom is -0.350 e. The van der Waals surface area contributed by atoms with Crippen LogP contribution in [0, 0.1) is 12.8 Å². The first-order valence-corrected chi connectivity index (χ1v) is 8.52. The fourth-order valence-corrected chi connectivity index (χ4v) is 3.53. The van der Waals surface area contributed by atoms with Crippen LogP contribution in [0.4, 0.5) is 0 Å². The summed E-state index contributed by atoms with van der Waals surface area (Å²) in [6.07, 6.45) is 5.82. The van der Waals surface area contributed by atoms with Crippen LogP contribution in [-0.2, 0) is 18.4 Å². The first-order valence-electron chi connectivity index (χ1n) is 8.52. The number of fused-ring (bicyclic) bond motifs is 1. The summed E-state index contributed by atoms with van der Waals surface area (Å²) in [5, 5.41) is 10.6. The maximum absolute atomic E-state index is 12.7. The number of aryl methyl sites for hydroxylation is 2. The highest BCUT2D eigenvalue weighted by atomic mass is 35.5. The maximum Gasteiger partial charge on any atom is 0.225 e. The molecule has 0 bridgehead atoms. The summed E-state index contributed by atoms with van der Waals surface area (Å²) in [6.45, 7) is 3.98. The van der Waals surface area contributed by atoms with Crippen molar-refractivity contribution in [3.8, 4) is 0 Å². The van der Waals surface area contributed by atoms with E-state index in [1.165, 1.54) is 0 Å². The summed E-state index contributed by atoms with van der Waals surface area (Å²) in [5.74, 6) is 0.146. The number of imidazole rings is 1. The molecule has 0 unspecified atom stereocenters. The van der Waals surface area contributed by atoms with Gasteiger partial charge in [-0.3, -0.25) is 9.48 Å². The van der Waals surface area contributed by atoms with Crippen LogP contribution in [0.2, 0.25) is 0 Å². The number of carbonyl (C=O) groups is 1. The van der Waals surface area contributed by atoms with E-state index >= 15 is 0 Å². The van der Waals surface area contributed by atoms with Crippen molar-refractivity contribution in [1.29, 1.82) is 0 Å². The number of amides is 1. The third kappa shape index (κ3) is 4.26. The fraction of sp³-hybridized carbons (Fsp3) is 0.389. The van der Waals surface area contributed by atoms with Crippen LogP contribution in [0.5, 0.6) is 0 Å². The molecular weight excluding hydrogens is 387 g/mol. The molecule has 1 fully saturated rings. The Labute approximate surface area is 170 Å². The number of nitrogens with zero attached hydrogens (tertiary/aromatic N) is 4. The zero-order valence-electron chi connectivity index (χ0n) is 15.3. The Kier molecular flexibility index (Phi) is 6.86. The van der Waals surface area contributed by atoms with Gasteiger partial charge in [0.05, 0.1) is 24.4 Å². The molecule has 0 aromatic carbocycles. The molecule has 3 aromatic heterocycles. The summed E-state index contributed by atoms with van der Waals surface area (Å²) in [4.78, 5) is 17.3. The quantitative estimate of drug-likeness (QED) is 0.687. The molecule has 3 aromatic rings. The highest BCUT2D eigenvalue weighted by molar-refractivity contribution is 5.85. The van der Waals surface area contributed by atoms with Gasteiger partial charge in [-0.15, -0.1) is 24.8 Å². The molecule has 0 aliphatic carbocycles. The van der Waals surface area contributed by atoms with E-state index in [1.54, 1.807) is 4.68 Å². The van der Waals surface area contributed by atoms with Crippen LogP contribution in [0.1, 0.15) is 22.9 Å². The lowest BCUT2D eigenvalue weighted by Gasteiger charge is -2.16. The predicted octanol–water partition coefficient (Wildman–Crippen LogP) is 1.84. The van der Waals surface area contributed by atoms with Crippen molar-refractivity contribution in [2.24, 2.45) is 13.0 Å². The first-order chi connectivity index (χ1) is 12.1. The molecule has 1 aliphatic heterocycles. The molecule has 4 rings (SSSR count). The summed E-state index contributed by atoms with van der Waals surface area (Å²) in [5.41, 5.74) is 4.00. The minimum absolute atomic E-state index is 0. The number of pyridine rings is 1. The molecule has 7 nitrogen and oxygen atoms in total. The number of hydrogen-bond acceptors (Lipinski definition) is 4. The van der Waals surface area contributed by atoms with E-state index in [4.69, 9.17) is 0 Å². The molecule has 4 heterocycles. The van der Waals surface area contributed by atoms with Gasteiger partial charge in [0.25, 0.3) is 0 Å². The molecule has 146 valence electrons. The molecule has 2 atom stereocenters. The zero-order valence-corrected chi connectivity index (χ0v) is 16.9. The Bertz CT molecular complexity index is 922. The average Bonchev–Trinajstić information content (AvgIpc) is 3.31. The molecule has 0 radical (unpaired) electrons. The number of rotatable bonds is 4. The molecular formula is C18H24Cl2N6O. The lowest BCUT2D eigenvalue weighted by atomic mass is 9.90. The van der Waals surface area contributed by atoms with E-state index in [2.05, 4.69) is 20.7 Å². The van der Waals surface area contributed by atoms with E-state index in [9.17, 15) is 4.79 Å². The molecule has 9 heteroatoms. The number of hydrogen-bond donors (Lipinski definition) is 2. The standard InChI is InChI=1S/C18H22N6O.2ClH/c1-12-4-3-5-17-22-14(11-24(12)17)7-20-18(25)16-9-19-8-15(16)13-6-21-23(2)10-13;;/h3-6,10-11,15-16,19H,7-9H2,1-2H3,(H,20,25);2*1H/t15-,16+;;/m1../s1. The van der Waals surface area contributed by atoms with Gasteiger partial charge in [-0.1, -0.05) is 6.07 Å². The molecule has 1 amide bonds. The second-order valence-electron chi connectivity index (χ2n) is 6.66. The van der Waals surface area contributed by atoms with Gasteiger partial charge in [0.2, 0.25) is 5.91 Å². The molecule has 27 heavy (non-hydrogen) atoms. The topological polar surface area (TPSA) is 76.2 Å². The maximum atomic E-state index is 12.7. The van der Waals surface area contributed by atoms with Gasteiger partial charge in [0, 0.05) is 44.1 Å². The van der Waals surface area contributed by atoms with E-state index in [0.29, 0.717) is 13.1 Å². The smallest absolute Gasteiger partial charge is 0.225 e. The normalized spacial score (nSPS) is 18.7. The van der Waals surface area contributed by atoms with Gasteiger partial charge in [-0.25, -0.2) is 4.98 Å². The van der Waals surface area contributed by atoms with Gasteiger partial charge in [0.1, 0.15) is 5.65 Å². The van der Waals surface area contributed by atoms with Crippen molar-refractivity contribution < 1.29 is 4.79 Å². The van der Waals surface area contributed by atoms with Crippen molar-refractivity contribution in [3.05, 3.63) is 53.7 Å². The molecule has 1 aliphatic rings. The van der Waals surface area contributed by atoms with Crippen LogP contribution in [0.15, 0.2) is 36.8 Å². The van der Waals surface area contributed by atoms with Gasteiger partial charge in [-0.2, -0.15) is 5.10 Å². The van der Waals surface area contributed by atoms with Crippen molar-refractivity contribution in [1.82, 2.24) is 29.8 Å². The largest absolute Gasteiger partial charge is 0.350 e. The fourth-order valence-electron chi connectivity index (χ4n) is 3.53. The minimum atomic E-state index is -0.0806. The van der Waals surface area contributed by atoms with Crippen LogP contribution in [0.3, 0.4) is 0 Å². The lowest BCUT2D eigenvalue weighted by Crippen LogP contribution is -2.34. The number of carbonyl (C=O) groups excluding carboxylic acids is 1. The Hall–Kier alpha value is -2.09. The van der Waals surface area contributed by atoms with E-state index in [1.807, 2.05) is 55.2 Å². The number of halogens is 2. The van der Waals surface area contributed by atoms with Crippen molar-refractivity contribution >= 4 is 36.4 Å². The Balaban J connectivity index is 0.00000131. The lowest BCUT2D eigenvalue weighted by molar-refractivity contribution is -0.125. The zero-order chi connectivity index (χ0) is 17.4. The summed E-state index contributed by atoms with van der Waals surface area (Å²) in [7, 11) is 1.90. The van der Waals surface area contributed by atoms with E-state index in [-0.39, 0.29) is 42.6 Å². The third-order valence-electron chi connectivity index (χ3n) is 4.89. The van der Waals surface area contributed by atoms with Gasteiger partial charge in [0.15, 0.2) is 0 Å². The molecule has 0 saturated carbocycles. The molecule has 1 saturated heterocycles. The number of nitrogens with one attached hydrogen (secondary N) is 2. The van der Waals surface area contributed by atoms with Crippen molar-refractivity contribution in [2.45, 2.75) is 19.4 Å². The van der Waals surface area contributed by atoms with Gasteiger partial charge < -0.3 is 15.0 Å². The number of aromatic nitrogens is 4. The van der Waals surface area contributed by atoms with Gasteiger partial charge >= 0.3 is 0 Å². The van der Waals surface area contributed by atoms with E-state index in [0.717, 1.165) is 29.1 Å².